The average Bonchev–Trinajstić information content (AvgIpc) is 3.01. The Balaban J connectivity index is 1.88. The molecular formula is C20H21ClFN5O2. The van der Waals surface area contributed by atoms with Crippen molar-refractivity contribution < 1.29 is 14.0 Å². The van der Waals surface area contributed by atoms with Gasteiger partial charge >= 0.3 is 0 Å². The van der Waals surface area contributed by atoms with Gasteiger partial charge in [0.1, 0.15) is 11.6 Å². The van der Waals surface area contributed by atoms with Crippen molar-refractivity contribution in [3.8, 4) is 11.1 Å². The molecule has 1 atom stereocenters. The number of carbonyl (C=O) groups excluding carboxylic acids is 2. The van der Waals surface area contributed by atoms with Gasteiger partial charge in [0, 0.05) is 67.6 Å². The highest BCUT2D eigenvalue weighted by atomic mass is 35.5. The van der Waals surface area contributed by atoms with Crippen molar-refractivity contribution in [3.63, 3.8) is 0 Å². The highest BCUT2D eigenvalue weighted by Crippen LogP contribution is 2.48. The molecule has 0 saturated carbocycles. The van der Waals surface area contributed by atoms with Crippen molar-refractivity contribution in [2.24, 2.45) is 0 Å². The zero-order valence-corrected chi connectivity index (χ0v) is 16.9. The number of anilines is 2. The summed E-state index contributed by atoms with van der Waals surface area (Å²) in [4.78, 5) is 30.2. The zero-order valence-electron chi connectivity index (χ0n) is 16.1. The van der Waals surface area contributed by atoms with Crippen LogP contribution in [0.1, 0.15) is 28.8 Å². The van der Waals surface area contributed by atoms with Crippen LogP contribution in [0.2, 0.25) is 5.02 Å². The van der Waals surface area contributed by atoms with E-state index in [2.05, 4.69) is 15.6 Å². The minimum Gasteiger partial charge on any atom is -0.398 e. The predicted octanol–water partition coefficient (Wildman–Crippen LogP) is 2.40. The fraction of sp³-hybridized carbons (Fsp3) is 0.350. The number of hydrogen-bond donors (Lipinski definition) is 3. The Morgan fingerprint density at radius 1 is 1.31 bits per heavy atom. The lowest BCUT2D eigenvalue weighted by atomic mass is 9.74. The molecule has 4 N–H and O–H groups in total. The third-order valence-corrected chi connectivity index (χ3v) is 6.04. The van der Waals surface area contributed by atoms with Crippen LogP contribution in [0.3, 0.4) is 0 Å². The minimum absolute atomic E-state index is 0.0510. The second kappa shape index (κ2) is 6.88. The number of nitrogens with zero attached hydrogens (tertiary/aromatic N) is 2. The van der Waals surface area contributed by atoms with Crippen molar-refractivity contribution in [2.75, 3.05) is 38.2 Å². The number of carbonyl (C=O) groups is 2. The number of pyridine rings is 1. The molecule has 2 aromatic rings. The Morgan fingerprint density at radius 2 is 2.07 bits per heavy atom. The van der Waals surface area contributed by atoms with Gasteiger partial charge in [-0.1, -0.05) is 11.6 Å². The first-order valence-corrected chi connectivity index (χ1v) is 9.62. The SMILES string of the molecule is CN(C)C(=O)c1c(N)ccc(-c2cnc3c(c2Cl)[C@@]2(CCNC(=O)C2)CN3)c1F. The van der Waals surface area contributed by atoms with E-state index in [1.807, 2.05) is 0 Å². The van der Waals surface area contributed by atoms with Crippen LogP contribution < -0.4 is 16.4 Å². The number of hydrogen-bond acceptors (Lipinski definition) is 5. The molecule has 152 valence electrons. The van der Waals surface area contributed by atoms with E-state index in [1.165, 1.54) is 37.3 Å². The van der Waals surface area contributed by atoms with E-state index in [1.54, 1.807) is 0 Å². The van der Waals surface area contributed by atoms with Gasteiger partial charge in [0.05, 0.1) is 10.6 Å². The van der Waals surface area contributed by atoms with Crippen LogP contribution in [0.15, 0.2) is 18.3 Å². The van der Waals surface area contributed by atoms with Crippen molar-refractivity contribution in [1.29, 1.82) is 0 Å². The molecule has 0 unspecified atom stereocenters. The van der Waals surface area contributed by atoms with Crippen molar-refractivity contribution in [1.82, 2.24) is 15.2 Å². The summed E-state index contributed by atoms with van der Waals surface area (Å²) in [6.45, 7) is 1.08. The maximum absolute atomic E-state index is 15.4. The fourth-order valence-electron chi connectivity index (χ4n) is 4.14. The standard InChI is InChI=1S/C20H21ClFN5O2/c1-27(2)19(29)14-12(23)4-3-10(17(14)22)11-8-25-18-15(16(11)21)20(9-26-18)5-6-24-13(28)7-20/h3-4,8H,5-7,9,23H2,1-2H3,(H,24,28)(H,25,26)/t20-/m1/s1. The van der Waals surface area contributed by atoms with E-state index in [-0.39, 0.29) is 29.1 Å². The molecule has 1 aromatic heterocycles. The van der Waals surface area contributed by atoms with E-state index in [0.29, 0.717) is 35.9 Å². The van der Waals surface area contributed by atoms with E-state index in [4.69, 9.17) is 17.3 Å². The third-order valence-electron chi connectivity index (χ3n) is 5.65. The number of nitrogens with one attached hydrogen (secondary N) is 2. The highest BCUT2D eigenvalue weighted by Gasteiger charge is 2.45. The number of fused-ring (bicyclic) bond motifs is 2. The van der Waals surface area contributed by atoms with Crippen LogP contribution in [0.4, 0.5) is 15.9 Å². The monoisotopic (exact) mass is 417 g/mol. The van der Waals surface area contributed by atoms with E-state index < -0.39 is 17.1 Å². The molecule has 3 heterocycles. The molecule has 1 fully saturated rings. The van der Waals surface area contributed by atoms with E-state index in [9.17, 15) is 9.59 Å². The first-order chi connectivity index (χ1) is 13.7. The Bertz CT molecular complexity index is 1040. The number of nitrogen functional groups attached to an aromatic ring is 1. The number of nitrogens with two attached hydrogens (primary N) is 1. The van der Waals surface area contributed by atoms with E-state index in [0.717, 1.165) is 5.56 Å². The second-order valence-corrected chi connectivity index (χ2v) is 8.09. The van der Waals surface area contributed by atoms with Crippen LogP contribution in [0.5, 0.6) is 0 Å². The Kier molecular flexibility index (Phi) is 4.61. The van der Waals surface area contributed by atoms with E-state index >= 15 is 4.39 Å². The third kappa shape index (κ3) is 2.98. The molecule has 29 heavy (non-hydrogen) atoms. The molecule has 1 aromatic carbocycles. The summed E-state index contributed by atoms with van der Waals surface area (Å²) in [5, 5.41) is 6.38. The minimum atomic E-state index is -0.742. The lowest BCUT2D eigenvalue weighted by molar-refractivity contribution is -0.123. The van der Waals surface area contributed by atoms with Gasteiger partial charge in [0.25, 0.3) is 5.91 Å². The molecule has 9 heteroatoms. The molecule has 2 aliphatic rings. The number of aromatic nitrogens is 1. The fourth-order valence-corrected chi connectivity index (χ4v) is 4.58. The molecule has 2 amide bonds. The van der Waals surface area contributed by atoms with Crippen LogP contribution >= 0.6 is 11.6 Å². The first kappa shape index (κ1) is 19.4. The van der Waals surface area contributed by atoms with Gasteiger partial charge < -0.3 is 21.3 Å². The number of rotatable bonds is 2. The largest absolute Gasteiger partial charge is 0.398 e. The number of amides is 2. The maximum Gasteiger partial charge on any atom is 0.258 e. The average molecular weight is 418 g/mol. The van der Waals surface area contributed by atoms with Gasteiger partial charge in [-0.25, -0.2) is 9.37 Å². The zero-order chi connectivity index (χ0) is 20.9. The lowest BCUT2D eigenvalue weighted by Gasteiger charge is -2.33. The van der Waals surface area contributed by atoms with Crippen molar-refractivity contribution in [2.45, 2.75) is 18.3 Å². The van der Waals surface area contributed by atoms with Gasteiger partial charge in [0.15, 0.2) is 0 Å². The maximum atomic E-state index is 15.4. The molecule has 7 nitrogen and oxygen atoms in total. The second-order valence-electron chi connectivity index (χ2n) is 7.71. The highest BCUT2D eigenvalue weighted by molar-refractivity contribution is 6.34. The van der Waals surface area contributed by atoms with Gasteiger partial charge in [-0.05, 0) is 18.6 Å². The number of benzene rings is 1. The normalized spacial score (nSPS) is 20.2. The molecule has 0 radical (unpaired) electrons. The summed E-state index contributed by atoms with van der Waals surface area (Å²) < 4.78 is 15.4. The Morgan fingerprint density at radius 3 is 2.76 bits per heavy atom. The topological polar surface area (TPSA) is 100 Å². The molecule has 1 spiro atoms. The van der Waals surface area contributed by atoms with Gasteiger partial charge in [-0.2, -0.15) is 0 Å². The molecule has 1 saturated heterocycles. The van der Waals surface area contributed by atoms with Gasteiger partial charge in [0.2, 0.25) is 5.91 Å². The summed E-state index contributed by atoms with van der Waals surface area (Å²) in [6.07, 6.45) is 2.47. The summed E-state index contributed by atoms with van der Waals surface area (Å²) in [6, 6.07) is 2.98. The molecule has 0 aliphatic carbocycles. The Hall–Kier alpha value is -2.87. The van der Waals surface area contributed by atoms with Crippen LogP contribution in [-0.4, -0.2) is 48.9 Å². The molecular weight excluding hydrogens is 397 g/mol. The predicted molar refractivity (Wildman–Crippen MR) is 109 cm³/mol. The number of piperidine rings is 1. The molecule has 0 bridgehead atoms. The Labute approximate surface area is 172 Å². The van der Waals surface area contributed by atoms with Gasteiger partial charge in [-0.3, -0.25) is 9.59 Å². The summed E-state index contributed by atoms with van der Waals surface area (Å²) in [5.41, 5.74) is 6.48. The smallest absolute Gasteiger partial charge is 0.258 e. The molecule has 2 aliphatic heterocycles. The summed E-state index contributed by atoms with van der Waals surface area (Å²) in [5.74, 6) is -0.721. The quantitative estimate of drug-likeness (QED) is 0.651. The lowest BCUT2D eigenvalue weighted by Crippen LogP contribution is -2.44. The summed E-state index contributed by atoms with van der Waals surface area (Å²) in [7, 11) is 3.06. The van der Waals surface area contributed by atoms with Crippen LogP contribution in [0, 0.1) is 5.82 Å². The van der Waals surface area contributed by atoms with Crippen molar-refractivity contribution >= 4 is 34.9 Å². The van der Waals surface area contributed by atoms with Gasteiger partial charge in [-0.15, -0.1) is 0 Å². The van der Waals surface area contributed by atoms with Crippen LogP contribution in [0.25, 0.3) is 11.1 Å². The van der Waals surface area contributed by atoms with Crippen molar-refractivity contribution in [3.05, 3.63) is 40.3 Å². The number of halogens is 2. The van der Waals surface area contributed by atoms with Crippen LogP contribution in [-0.2, 0) is 10.2 Å². The first-order valence-electron chi connectivity index (χ1n) is 9.25. The summed E-state index contributed by atoms with van der Waals surface area (Å²) >= 11 is 6.76. The molecule has 4 rings (SSSR count).